The minimum atomic E-state index is -0.493. The number of para-hydroxylation sites is 1. The number of aromatic nitrogens is 1. The molecule has 0 saturated heterocycles. The summed E-state index contributed by atoms with van der Waals surface area (Å²) in [5.74, 6) is -0.409. The summed E-state index contributed by atoms with van der Waals surface area (Å²) in [6, 6.07) is 18.4. The first kappa shape index (κ1) is 20.0. The number of nitrogens with one attached hydrogen (secondary N) is 1. The van der Waals surface area contributed by atoms with Gasteiger partial charge in [0, 0.05) is 35.1 Å². The first-order valence-corrected chi connectivity index (χ1v) is 9.20. The maximum Gasteiger partial charge on any atom is 0.273 e. The van der Waals surface area contributed by atoms with E-state index >= 15 is 0 Å². The number of hydrogen-bond acceptors (Lipinski definition) is 4. The third-order valence-electron chi connectivity index (χ3n) is 4.73. The van der Waals surface area contributed by atoms with Crippen LogP contribution in [0.5, 0.6) is 0 Å². The molecule has 1 N–H and O–H groups in total. The topological polar surface area (TPSA) is 89.5 Å². The van der Waals surface area contributed by atoms with Gasteiger partial charge >= 0.3 is 0 Å². The number of nitrogens with zero attached hydrogens (tertiary/aromatic N) is 3. The molecule has 0 atom stereocenters. The van der Waals surface area contributed by atoms with Crippen molar-refractivity contribution in [1.29, 1.82) is 0 Å². The third-order valence-corrected chi connectivity index (χ3v) is 4.73. The van der Waals surface area contributed by atoms with Gasteiger partial charge in [-0.25, -0.2) is 5.43 Å². The fourth-order valence-electron chi connectivity index (χ4n) is 3.19. The molecule has 148 valence electrons. The first-order chi connectivity index (χ1) is 14.0. The highest BCUT2D eigenvalue weighted by atomic mass is 16.6. The summed E-state index contributed by atoms with van der Waals surface area (Å²) < 4.78 is 2.19. The Bertz CT molecular complexity index is 1060. The zero-order valence-electron chi connectivity index (χ0n) is 16.3. The number of hydrogen-bond donors (Lipinski definition) is 1. The van der Waals surface area contributed by atoms with Crippen LogP contribution < -0.4 is 5.43 Å². The first-order valence-electron chi connectivity index (χ1n) is 9.20. The smallest absolute Gasteiger partial charge is 0.273 e. The van der Waals surface area contributed by atoms with Gasteiger partial charge in [0.2, 0.25) is 5.91 Å². The van der Waals surface area contributed by atoms with E-state index in [2.05, 4.69) is 27.2 Å². The van der Waals surface area contributed by atoms with E-state index in [9.17, 15) is 14.9 Å². The van der Waals surface area contributed by atoms with Crippen molar-refractivity contribution in [3.63, 3.8) is 0 Å². The molecule has 1 heterocycles. The number of aryl methyl sites for hydroxylation is 1. The predicted molar refractivity (Wildman–Crippen MR) is 112 cm³/mol. The second-order valence-electron chi connectivity index (χ2n) is 6.75. The number of amides is 1. The minimum Gasteiger partial charge on any atom is -0.344 e. The van der Waals surface area contributed by atoms with Gasteiger partial charge in [0.05, 0.1) is 17.6 Å². The lowest BCUT2D eigenvalue weighted by atomic mass is 10.1. The van der Waals surface area contributed by atoms with Crippen LogP contribution in [-0.2, 0) is 17.8 Å². The predicted octanol–water partition coefficient (Wildman–Crippen LogP) is 3.75. The van der Waals surface area contributed by atoms with E-state index < -0.39 is 10.8 Å². The van der Waals surface area contributed by atoms with Crippen LogP contribution in [0.15, 0.2) is 65.8 Å². The monoisotopic (exact) mass is 390 g/mol. The minimum absolute atomic E-state index is 0.0731. The van der Waals surface area contributed by atoms with Crippen LogP contribution in [0.4, 0.5) is 5.69 Å². The van der Waals surface area contributed by atoms with E-state index in [1.54, 1.807) is 24.4 Å². The Kier molecular flexibility index (Phi) is 6.19. The van der Waals surface area contributed by atoms with Crippen LogP contribution in [0.2, 0.25) is 0 Å². The van der Waals surface area contributed by atoms with E-state index in [1.165, 1.54) is 11.6 Å². The van der Waals surface area contributed by atoms with Crippen LogP contribution in [0.25, 0.3) is 0 Å². The SMILES string of the molecule is Cc1cc(C=NNC(=O)Cc2ccccc2[N+](=O)[O-])c(C)n1Cc1ccccc1. The van der Waals surface area contributed by atoms with Crippen LogP contribution in [-0.4, -0.2) is 21.6 Å². The lowest BCUT2D eigenvalue weighted by molar-refractivity contribution is -0.385. The summed E-state index contributed by atoms with van der Waals surface area (Å²) in [4.78, 5) is 22.7. The Morgan fingerprint density at radius 3 is 2.55 bits per heavy atom. The fourth-order valence-corrected chi connectivity index (χ4v) is 3.19. The maximum absolute atomic E-state index is 12.1. The molecule has 7 nitrogen and oxygen atoms in total. The van der Waals surface area contributed by atoms with Crippen LogP contribution in [0.1, 0.15) is 28.1 Å². The van der Waals surface area contributed by atoms with Crippen molar-refractivity contribution in [2.45, 2.75) is 26.8 Å². The Hall–Kier alpha value is -3.74. The van der Waals surface area contributed by atoms with Crippen molar-refractivity contribution >= 4 is 17.8 Å². The quantitative estimate of drug-likeness (QED) is 0.378. The van der Waals surface area contributed by atoms with Gasteiger partial charge in [0.25, 0.3) is 5.69 Å². The van der Waals surface area contributed by atoms with Crippen molar-refractivity contribution in [2.24, 2.45) is 5.10 Å². The maximum atomic E-state index is 12.1. The molecular weight excluding hydrogens is 368 g/mol. The van der Waals surface area contributed by atoms with E-state index in [-0.39, 0.29) is 12.1 Å². The molecule has 2 aromatic carbocycles. The zero-order valence-corrected chi connectivity index (χ0v) is 16.3. The summed E-state index contributed by atoms with van der Waals surface area (Å²) in [5, 5.41) is 15.1. The second kappa shape index (κ2) is 8.97. The number of carbonyl (C=O) groups excluding carboxylic acids is 1. The lowest BCUT2D eigenvalue weighted by Crippen LogP contribution is -2.20. The van der Waals surface area contributed by atoms with E-state index in [0.29, 0.717) is 5.56 Å². The highest BCUT2D eigenvalue weighted by molar-refractivity contribution is 5.84. The van der Waals surface area contributed by atoms with Gasteiger partial charge in [-0.2, -0.15) is 5.10 Å². The molecule has 0 fully saturated rings. The number of nitro benzene ring substituents is 1. The van der Waals surface area contributed by atoms with Gasteiger partial charge in [-0.05, 0) is 25.5 Å². The summed E-state index contributed by atoms with van der Waals surface area (Å²) in [5.41, 5.74) is 6.98. The summed E-state index contributed by atoms with van der Waals surface area (Å²) >= 11 is 0. The number of rotatable bonds is 7. The number of benzene rings is 2. The van der Waals surface area contributed by atoms with Gasteiger partial charge in [0.15, 0.2) is 0 Å². The molecule has 7 heteroatoms. The number of nitro groups is 1. The Balaban J connectivity index is 1.66. The van der Waals surface area contributed by atoms with Crippen molar-refractivity contribution in [1.82, 2.24) is 9.99 Å². The highest BCUT2D eigenvalue weighted by Crippen LogP contribution is 2.18. The molecule has 3 rings (SSSR count). The molecule has 3 aromatic rings. The molecule has 0 spiro atoms. The fraction of sp³-hybridized carbons (Fsp3) is 0.182. The second-order valence-corrected chi connectivity index (χ2v) is 6.75. The van der Waals surface area contributed by atoms with Crippen molar-refractivity contribution in [2.75, 3.05) is 0 Å². The Morgan fingerprint density at radius 2 is 1.83 bits per heavy atom. The molecule has 1 aromatic heterocycles. The van der Waals surface area contributed by atoms with Gasteiger partial charge < -0.3 is 4.57 Å². The zero-order chi connectivity index (χ0) is 20.8. The van der Waals surface area contributed by atoms with Gasteiger partial charge in [0.1, 0.15) is 0 Å². The number of hydrazone groups is 1. The molecule has 29 heavy (non-hydrogen) atoms. The highest BCUT2D eigenvalue weighted by Gasteiger charge is 2.15. The molecule has 0 aliphatic carbocycles. The normalized spacial score (nSPS) is 11.0. The molecule has 0 bridgehead atoms. The summed E-state index contributed by atoms with van der Waals surface area (Å²) in [7, 11) is 0. The number of carbonyl (C=O) groups is 1. The van der Waals surface area contributed by atoms with Gasteiger partial charge in [-0.1, -0.05) is 48.5 Å². The molecular formula is C22H22N4O3. The van der Waals surface area contributed by atoms with Crippen LogP contribution in [0.3, 0.4) is 0 Å². The molecule has 0 saturated carbocycles. The van der Waals surface area contributed by atoms with E-state index in [0.717, 1.165) is 23.5 Å². The Labute approximate surface area is 168 Å². The average Bonchev–Trinajstić information content (AvgIpc) is 2.96. The average molecular weight is 390 g/mol. The molecule has 1 amide bonds. The largest absolute Gasteiger partial charge is 0.344 e. The van der Waals surface area contributed by atoms with E-state index in [4.69, 9.17) is 0 Å². The lowest BCUT2D eigenvalue weighted by Gasteiger charge is -2.09. The van der Waals surface area contributed by atoms with Crippen LogP contribution >= 0.6 is 0 Å². The Morgan fingerprint density at radius 1 is 1.14 bits per heavy atom. The summed E-state index contributed by atoms with van der Waals surface area (Å²) in [6.07, 6.45) is 1.49. The van der Waals surface area contributed by atoms with Gasteiger partial charge in [-0.15, -0.1) is 0 Å². The summed E-state index contributed by atoms with van der Waals surface area (Å²) in [6.45, 7) is 4.79. The third kappa shape index (κ3) is 4.95. The van der Waals surface area contributed by atoms with Crippen molar-refractivity contribution in [3.8, 4) is 0 Å². The van der Waals surface area contributed by atoms with Gasteiger partial charge in [-0.3, -0.25) is 14.9 Å². The van der Waals surface area contributed by atoms with E-state index in [1.807, 2.05) is 38.1 Å². The molecule has 0 unspecified atom stereocenters. The van der Waals surface area contributed by atoms with Crippen LogP contribution in [0, 0.1) is 24.0 Å². The molecule has 0 aliphatic heterocycles. The standard InChI is InChI=1S/C22H22N4O3/c1-16-12-20(17(2)25(16)15-18-8-4-3-5-9-18)14-23-24-22(27)13-19-10-6-7-11-21(19)26(28)29/h3-12,14H,13,15H2,1-2H3,(H,24,27). The van der Waals surface area contributed by atoms with Crippen molar-refractivity contribution < 1.29 is 9.72 Å². The molecule has 0 radical (unpaired) electrons. The van der Waals surface area contributed by atoms with Crippen molar-refractivity contribution in [3.05, 3.63) is 98.9 Å². The molecule has 0 aliphatic rings.